The predicted octanol–water partition coefficient (Wildman–Crippen LogP) is 4.40. The maximum absolute atomic E-state index is 6.13. The van der Waals surface area contributed by atoms with Gasteiger partial charge in [-0.05, 0) is 57.7 Å². The molecule has 0 amide bonds. The van der Waals surface area contributed by atoms with Gasteiger partial charge in [-0.25, -0.2) is 0 Å². The highest BCUT2D eigenvalue weighted by Crippen LogP contribution is 2.58. The lowest BCUT2D eigenvalue weighted by atomic mass is 9.79. The monoisotopic (exact) mass is 322 g/mol. The van der Waals surface area contributed by atoms with Gasteiger partial charge in [0.2, 0.25) is 0 Å². The Labute approximate surface area is 124 Å². The average molecular weight is 323 g/mol. The van der Waals surface area contributed by atoms with Gasteiger partial charge in [0.15, 0.2) is 0 Å². The van der Waals surface area contributed by atoms with Crippen LogP contribution in [0.1, 0.15) is 45.6 Å². The molecule has 19 heavy (non-hydrogen) atoms. The van der Waals surface area contributed by atoms with E-state index in [1.807, 2.05) is 0 Å². The van der Waals surface area contributed by atoms with E-state index in [1.165, 1.54) is 12.0 Å². The van der Waals surface area contributed by atoms with Crippen LogP contribution in [0.4, 0.5) is 0 Å². The molecular formula is C15H20BBrO2. The third-order valence-corrected chi connectivity index (χ3v) is 5.29. The van der Waals surface area contributed by atoms with Gasteiger partial charge in [0.1, 0.15) is 0 Å². The molecule has 102 valence electrons. The molecular weight excluding hydrogens is 303 g/mol. The molecule has 2 unspecified atom stereocenters. The summed E-state index contributed by atoms with van der Waals surface area (Å²) in [5, 5.41) is 0. The molecule has 1 aromatic rings. The van der Waals surface area contributed by atoms with E-state index in [-0.39, 0.29) is 18.3 Å². The summed E-state index contributed by atoms with van der Waals surface area (Å²) in [6, 6.07) is 8.60. The molecule has 1 heterocycles. The summed E-state index contributed by atoms with van der Waals surface area (Å²) in [4.78, 5) is 0. The minimum Gasteiger partial charge on any atom is -0.403 e. The molecule has 3 rings (SSSR count). The number of halogens is 1. The molecule has 0 bridgehead atoms. The molecule has 4 heteroatoms. The van der Waals surface area contributed by atoms with E-state index in [9.17, 15) is 0 Å². The van der Waals surface area contributed by atoms with Crippen LogP contribution in [-0.2, 0) is 9.31 Å². The number of hydrogen-bond acceptors (Lipinski definition) is 2. The third-order valence-electron chi connectivity index (χ3n) is 4.76. The minimum atomic E-state index is -0.218. The molecule has 0 radical (unpaired) electrons. The third kappa shape index (κ3) is 2.39. The fourth-order valence-electron chi connectivity index (χ4n) is 2.67. The van der Waals surface area contributed by atoms with Crippen molar-refractivity contribution in [3.63, 3.8) is 0 Å². The Kier molecular flexibility index (Phi) is 3.12. The van der Waals surface area contributed by atoms with Crippen LogP contribution in [0.2, 0.25) is 5.82 Å². The van der Waals surface area contributed by atoms with Crippen molar-refractivity contribution in [2.75, 3.05) is 0 Å². The lowest BCUT2D eigenvalue weighted by Crippen LogP contribution is -2.41. The smallest absolute Gasteiger partial charge is 0.403 e. The second-order valence-electron chi connectivity index (χ2n) is 6.68. The molecule has 0 aromatic heterocycles. The number of rotatable bonds is 2. The number of hydrogen-bond donors (Lipinski definition) is 0. The average Bonchev–Trinajstić information content (AvgIpc) is 3.04. The second-order valence-corrected chi connectivity index (χ2v) is 7.60. The first kappa shape index (κ1) is 13.7. The van der Waals surface area contributed by atoms with Gasteiger partial charge >= 0.3 is 7.12 Å². The summed E-state index contributed by atoms with van der Waals surface area (Å²) >= 11 is 3.48. The molecule has 2 nitrogen and oxygen atoms in total. The van der Waals surface area contributed by atoms with Gasteiger partial charge < -0.3 is 9.31 Å². The van der Waals surface area contributed by atoms with Crippen molar-refractivity contribution in [2.24, 2.45) is 0 Å². The molecule has 2 aliphatic rings. The Morgan fingerprint density at radius 1 is 1.05 bits per heavy atom. The summed E-state index contributed by atoms with van der Waals surface area (Å²) in [7, 11) is -0.0568. The largest absolute Gasteiger partial charge is 0.461 e. The molecule has 1 aliphatic carbocycles. The van der Waals surface area contributed by atoms with E-state index in [0.29, 0.717) is 11.7 Å². The van der Waals surface area contributed by atoms with Crippen molar-refractivity contribution in [3.05, 3.63) is 34.3 Å². The van der Waals surface area contributed by atoms with Crippen LogP contribution in [0.5, 0.6) is 0 Å². The topological polar surface area (TPSA) is 18.5 Å². The lowest BCUT2D eigenvalue weighted by Gasteiger charge is -2.32. The van der Waals surface area contributed by atoms with Gasteiger partial charge in [0.05, 0.1) is 11.2 Å². The highest BCUT2D eigenvalue weighted by molar-refractivity contribution is 9.10. The van der Waals surface area contributed by atoms with E-state index < -0.39 is 0 Å². The second kappa shape index (κ2) is 4.34. The van der Waals surface area contributed by atoms with Crippen molar-refractivity contribution in [3.8, 4) is 0 Å². The van der Waals surface area contributed by atoms with Gasteiger partial charge in [-0.2, -0.15) is 0 Å². The zero-order valence-electron chi connectivity index (χ0n) is 11.9. The molecule has 1 saturated heterocycles. The standard InChI is InChI=1S/C15H20BBrO2/c1-14(2)15(3,4)19-16(18-14)13-9-12(13)10-5-7-11(17)8-6-10/h5-8,12-13H,9H2,1-4H3. The van der Waals surface area contributed by atoms with Crippen molar-refractivity contribution in [1.82, 2.24) is 0 Å². The van der Waals surface area contributed by atoms with Crippen LogP contribution in [0.3, 0.4) is 0 Å². The number of benzene rings is 1. The normalized spacial score (nSPS) is 31.5. The first-order valence-corrected chi connectivity index (χ1v) is 7.70. The summed E-state index contributed by atoms with van der Waals surface area (Å²) in [6.45, 7) is 8.46. The van der Waals surface area contributed by atoms with Crippen LogP contribution < -0.4 is 0 Å². The Balaban J connectivity index is 1.70. The van der Waals surface area contributed by atoms with Gasteiger partial charge in [-0.15, -0.1) is 0 Å². The molecule has 0 N–H and O–H groups in total. The van der Waals surface area contributed by atoms with Crippen molar-refractivity contribution >= 4 is 23.0 Å². The Bertz CT molecular complexity index is 467. The summed E-state index contributed by atoms with van der Waals surface area (Å²) < 4.78 is 13.4. The van der Waals surface area contributed by atoms with Crippen LogP contribution >= 0.6 is 15.9 Å². The Hall–Kier alpha value is -0.315. The Morgan fingerprint density at radius 3 is 2.11 bits per heavy atom. The Morgan fingerprint density at radius 2 is 1.58 bits per heavy atom. The summed E-state index contributed by atoms with van der Waals surface area (Å²) in [6.07, 6.45) is 1.17. The maximum atomic E-state index is 6.13. The fourth-order valence-corrected chi connectivity index (χ4v) is 2.94. The van der Waals surface area contributed by atoms with Crippen LogP contribution in [0.25, 0.3) is 0 Å². The minimum absolute atomic E-state index is 0.0568. The quantitative estimate of drug-likeness (QED) is 0.751. The first-order chi connectivity index (χ1) is 8.80. The van der Waals surface area contributed by atoms with E-state index in [2.05, 4.69) is 67.9 Å². The van der Waals surface area contributed by atoms with E-state index in [4.69, 9.17) is 9.31 Å². The molecule has 1 aliphatic heterocycles. The highest BCUT2D eigenvalue weighted by atomic mass is 79.9. The van der Waals surface area contributed by atoms with E-state index >= 15 is 0 Å². The van der Waals surface area contributed by atoms with Crippen LogP contribution in [0, 0.1) is 0 Å². The highest BCUT2D eigenvalue weighted by Gasteiger charge is 2.59. The van der Waals surface area contributed by atoms with Gasteiger partial charge in [0, 0.05) is 10.3 Å². The van der Waals surface area contributed by atoms with Gasteiger partial charge in [0.25, 0.3) is 0 Å². The molecule has 1 aromatic carbocycles. The van der Waals surface area contributed by atoms with Crippen LogP contribution in [-0.4, -0.2) is 18.3 Å². The first-order valence-electron chi connectivity index (χ1n) is 6.91. The summed E-state index contributed by atoms with van der Waals surface area (Å²) in [5.74, 6) is 1.09. The van der Waals surface area contributed by atoms with Crippen molar-refractivity contribution in [2.45, 2.75) is 57.1 Å². The maximum Gasteiger partial charge on any atom is 0.461 e. The van der Waals surface area contributed by atoms with Gasteiger partial charge in [-0.3, -0.25) is 0 Å². The van der Waals surface area contributed by atoms with E-state index in [1.54, 1.807) is 0 Å². The predicted molar refractivity (Wildman–Crippen MR) is 81.3 cm³/mol. The van der Waals surface area contributed by atoms with Crippen molar-refractivity contribution in [1.29, 1.82) is 0 Å². The zero-order chi connectivity index (χ0) is 13.8. The van der Waals surface area contributed by atoms with Crippen LogP contribution in [0.15, 0.2) is 28.7 Å². The molecule has 2 atom stereocenters. The molecule has 2 fully saturated rings. The lowest BCUT2D eigenvalue weighted by molar-refractivity contribution is 0.00578. The van der Waals surface area contributed by atoms with E-state index in [0.717, 1.165) is 4.47 Å². The molecule has 1 saturated carbocycles. The molecule has 0 spiro atoms. The fraction of sp³-hybridized carbons (Fsp3) is 0.600. The zero-order valence-corrected chi connectivity index (χ0v) is 13.5. The van der Waals surface area contributed by atoms with Gasteiger partial charge in [-0.1, -0.05) is 28.1 Å². The SMILES string of the molecule is CC1(C)OB(C2CC2c2ccc(Br)cc2)OC1(C)C. The van der Waals surface area contributed by atoms with Crippen molar-refractivity contribution < 1.29 is 9.31 Å². The summed E-state index contributed by atoms with van der Waals surface area (Å²) in [5.41, 5.74) is 0.956.